The third kappa shape index (κ3) is 2.51. The lowest BCUT2D eigenvalue weighted by Crippen LogP contribution is -2.15. The molecule has 1 atom stereocenters. The second-order valence-corrected chi connectivity index (χ2v) is 5.42. The van der Waals surface area contributed by atoms with Crippen molar-refractivity contribution < 1.29 is 9.13 Å². The number of nitrogens with two attached hydrogens (primary N) is 1. The number of benzene rings is 2. The first-order valence-corrected chi connectivity index (χ1v) is 6.97. The fourth-order valence-electron chi connectivity index (χ4n) is 2.62. The molecule has 0 saturated heterocycles. The van der Waals surface area contributed by atoms with Crippen LogP contribution >= 0.6 is 11.6 Å². The van der Waals surface area contributed by atoms with Crippen molar-refractivity contribution in [2.24, 2.45) is 5.73 Å². The molecule has 0 bridgehead atoms. The topological polar surface area (TPSA) is 35.2 Å². The van der Waals surface area contributed by atoms with E-state index in [1.807, 2.05) is 12.1 Å². The molecular formula is C16H15ClFNO. The molecule has 1 aliphatic rings. The molecule has 2 N–H and O–H groups in total. The van der Waals surface area contributed by atoms with Crippen LogP contribution in [0.2, 0.25) is 5.02 Å². The van der Waals surface area contributed by atoms with Crippen LogP contribution in [0, 0.1) is 5.82 Å². The largest absolute Gasteiger partial charge is 0.493 e. The molecular weight excluding hydrogens is 277 g/mol. The van der Waals surface area contributed by atoms with Crippen LogP contribution in [0.3, 0.4) is 0 Å². The lowest BCUT2D eigenvalue weighted by molar-refractivity contribution is 0.352. The van der Waals surface area contributed by atoms with Crippen LogP contribution in [0.15, 0.2) is 36.4 Å². The Kier molecular flexibility index (Phi) is 3.64. The number of rotatable bonds is 3. The predicted molar refractivity (Wildman–Crippen MR) is 77.7 cm³/mol. The molecule has 0 spiro atoms. The first-order chi connectivity index (χ1) is 9.65. The number of hydrogen-bond acceptors (Lipinski definition) is 2. The number of ether oxygens (including phenoxy) is 1. The van der Waals surface area contributed by atoms with E-state index in [-0.39, 0.29) is 5.82 Å². The van der Waals surface area contributed by atoms with E-state index < -0.39 is 6.04 Å². The van der Waals surface area contributed by atoms with Crippen LogP contribution in [-0.2, 0) is 12.8 Å². The van der Waals surface area contributed by atoms with Gasteiger partial charge in [0.05, 0.1) is 6.61 Å². The van der Waals surface area contributed by atoms with E-state index in [9.17, 15) is 4.39 Å². The minimum absolute atomic E-state index is 0.278. The smallest absolute Gasteiger partial charge is 0.127 e. The molecule has 0 saturated carbocycles. The van der Waals surface area contributed by atoms with Crippen molar-refractivity contribution in [2.75, 3.05) is 6.61 Å². The van der Waals surface area contributed by atoms with Gasteiger partial charge in [0.25, 0.3) is 0 Å². The normalized spacial score (nSPS) is 14.8. The number of hydrogen-bond donors (Lipinski definition) is 1. The zero-order valence-corrected chi connectivity index (χ0v) is 11.7. The van der Waals surface area contributed by atoms with Crippen LogP contribution in [0.1, 0.15) is 22.7 Å². The molecule has 1 aliphatic heterocycles. The Hall–Kier alpha value is -1.58. The summed E-state index contributed by atoms with van der Waals surface area (Å²) >= 11 is 6.12. The molecule has 2 aromatic rings. The third-order valence-electron chi connectivity index (χ3n) is 3.57. The van der Waals surface area contributed by atoms with Crippen LogP contribution < -0.4 is 10.5 Å². The quantitative estimate of drug-likeness (QED) is 0.937. The van der Waals surface area contributed by atoms with Gasteiger partial charge in [0, 0.05) is 23.0 Å². The Morgan fingerprint density at radius 3 is 2.90 bits per heavy atom. The summed E-state index contributed by atoms with van der Waals surface area (Å²) in [5.74, 6) is 0.584. The van der Waals surface area contributed by atoms with Crippen LogP contribution in [0.5, 0.6) is 5.75 Å². The summed E-state index contributed by atoms with van der Waals surface area (Å²) < 4.78 is 19.4. The van der Waals surface area contributed by atoms with Crippen molar-refractivity contribution in [3.8, 4) is 5.75 Å². The molecule has 1 heterocycles. The average molecular weight is 292 g/mol. The van der Waals surface area contributed by atoms with Crippen molar-refractivity contribution in [3.05, 3.63) is 63.9 Å². The maximum Gasteiger partial charge on any atom is 0.127 e. The highest BCUT2D eigenvalue weighted by atomic mass is 35.5. The monoisotopic (exact) mass is 291 g/mol. The second kappa shape index (κ2) is 5.43. The molecule has 4 heteroatoms. The van der Waals surface area contributed by atoms with E-state index in [2.05, 4.69) is 0 Å². The Morgan fingerprint density at radius 1 is 1.30 bits per heavy atom. The van der Waals surface area contributed by atoms with Gasteiger partial charge in [0.2, 0.25) is 0 Å². The summed E-state index contributed by atoms with van der Waals surface area (Å²) in [7, 11) is 0. The molecule has 104 valence electrons. The SMILES string of the molecule is NC(Cc1cc(Cl)cc2c1OCC2)c1ccccc1F. The van der Waals surface area contributed by atoms with E-state index in [4.69, 9.17) is 22.1 Å². The van der Waals surface area contributed by atoms with Crippen molar-refractivity contribution >= 4 is 11.6 Å². The molecule has 2 aromatic carbocycles. The predicted octanol–water partition coefficient (Wildman–Crippen LogP) is 3.66. The van der Waals surface area contributed by atoms with Gasteiger partial charge in [-0.1, -0.05) is 29.8 Å². The van der Waals surface area contributed by atoms with Crippen molar-refractivity contribution in [1.29, 1.82) is 0 Å². The van der Waals surface area contributed by atoms with E-state index in [0.717, 1.165) is 23.3 Å². The van der Waals surface area contributed by atoms with E-state index in [1.54, 1.807) is 18.2 Å². The molecule has 2 nitrogen and oxygen atoms in total. The summed E-state index contributed by atoms with van der Waals surface area (Å²) in [4.78, 5) is 0. The summed E-state index contributed by atoms with van der Waals surface area (Å²) in [5, 5.41) is 0.671. The van der Waals surface area contributed by atoms with Crippen LogP contribution in [0.25, 0.3) is 0 Å². The Balaban J connectivity index is 1.90. The van der Waals surface area contributed by atoms with Crippen molar-refractivity contribution in [3.63, 3.8) is 0 Å². The van der Waals surface area contributed by atoms with Crippen LogP contribution in [-0.4, -0.2) is 6.61 Å². The van der Waals surface area contributed by atoms with Gasteiger partial charge in [-0.2, -0.15) is 0 Å². The summed E-state index contributed by atoms with van der Waals surface area (Å²) in [6.07, 6.45) is 1.36. The highest BCUT2D eigenvalue weighted by Gasteiger charge is 2.20. The number of fused-ring (bicyclic) bond motifs is 1. The zero-order valence-electron chi connectivity index (χ0n) is 10.9. The second-order valence-electron chi connectivity index (χ2n) is 4.98. The molecule has 0 fully saturated rings. The van der Waals surface area contributed by atoms with Gasteiger partial charge >= 0.3 is 0 Å². The number of halogens is 2. The van der Waals surface area contributed by atoms with E-state index in [0.29, 0.717) is 23.6 Å². The standard InChI is InChI=1S/C16H15ClFNO/c17-12-7-10-5-6-20-16(10)11(8-12)9-15(19)13-3-1-2-4-14(13)18/h1-4,7-8,15H,5-6,9,19H2. The molecule has 20 heavy (non-hydrogen) atoms. The van der Waals surface area contributed by atoms with Crippen molar-refractivity contribution in [2.45, 2.75) is 18.9 Å². The van der Waals surface area contributed by atoms with Gasteiger partial charge in [-0.25, -0.2) is 4.39 Å². The van der Waals surface area contributed by atoms with E-state index >= 15 is 0 Å². The zero-order chi connectivity index (χ0) is 14.1. The van der Waals surface area contributed by atoms with Crippen LogP contribution in [0.4, 0.5) is 4.39 Å². The lowest BCUT2D eigenvalue weighted by atomic mass is 9.97. The highest BCUT2D eigenvalue weighted by Crippen LogP contribution is 2.35. The van der Waals surface area contributed by atoms with Gasteiger partial charge in [0.15, 0.2) is 0 Å². The molecule has 3 rings (SSSR count). The minimum Gasteiger partial charge on any atom is -0.493 e. The molecule has 0 amide bonds. The van der Waals surface area contributed by atoms with Gasteiger partial charge in [-0.3, -0.25) is 0 Å². The molecule has 0 aromatic heterocycles. The molecule has 1 unspecified atom stereocenters. The van der Waals surface area contributed by atoms with Gasteiger partial charge in [-0.15, -0.1) is 0 Å². The van der Waals surface area contributed by atoms with Gasteiger partial charge < -0.3 is 10.5 Å². The average Bonchev–Trinajstić information content (AvgIpc) is 2.87. The molecule has 0 aliphatic carbocycles. The molecule has 0 radical (unpaired) electrons. The van der Waals surface area contributed by atoms with Gasteiger partial charge in [-0.05, 0) is 35.7 Å². The summed E-state index contributed by atoms with van der Waals surface area (Å²) in [6, 6.07) is 9.94. The first kappa shape index (κ1) is 13.4. The minimum atomic E-state index is -0.414. The fraction of sp³-hybridized carbons (Fsp3) is 0.250. The summed E-state index contributed by atoms with van der Waals surface area (Å²) in [5.41, 5.74) is 8.70. The van der Waals surface area contributed by atoms with E-state index in [1.165, 1.54) is 6.07 Å². The van der Waals surface area contributed by atoms with Crippen molar-refractivity contribution in [1.82, 2.24) is 0 Å². The maximum absolute atomic E-state index is 13.8. The third-order valence-corrected chi connectivity index (χ3v) is 3.79. The Labute approximate surface area is 122 Å². The maximum atomic E-state index is 13.8. The fourth-order valence-corrected chi connectivity index (χ4v) is 2.88. The highest BCUT2D eigenvalue weighted by molar-refractivity contribution is 6.30. The first-order valence-electron chi connectivity index (χ1n) is 6.59. The van der Waals surface area contributed by atoms with Gasteiger partial charge in [0.1, 0.15) is 11.6 Å². The Bertz CT molecular complexity index is 644. The summed E-state index contributed by atoms with van der Waals surface area (Å²) in [6.45, 7) is 0.664. The lowest BCUT2D eigenvalue weighted by Gasteiger charge is -2.15. The Morgan fingerprint density at radius 2 is 2.10 bits per heavy atom.